The van der Waals surface area contributed by atoms with E-state index >= 15 is 0 Å². The molecule has 4 N–H and O–H groups in total. The number of nitrogens with one attached hydrogen (secondary N) is 1. The number of aromatic nitrogens is 3. The molecule has 1 aromatic carbocycles. The Labute approximate surface area is 157 Å². The highest BCUT2D eigenvalue weighted by Crippen LogP contribution is 2.56. The molecular formula is C19H22ClN5O. The maximum atomic E-state index is 10.2. The molecule has 0 saturated heterocycles. The monoisotopic (exact) mass is 371 g/mol. The van der Waals surface area contributed by atoms with Crippen LogP contribution in [0.15, 0.2) is 18.2 Å². The summed E-state index contributed by atoms with van der Waals surface area (Å²) in [4.78, 5) is 13.1. The largest absolute Gasteiger partial charge is 0.507 e. The topological polar surface area (TPSA) is 97.0 Å². The van der Waals surface area contributed by atoms with Crippen molar-refractivity contribution >= 4 is 23.5 Å². The van der Waals surface area contributed by atoms with Crippen LogP contribution in [0.2, 0.25) is 5.02 Å². The van der Waals surface area contributed by atoms with Crippen molar-refractivity contribution in [2.24, 2.45) is 17.8 Å². The summed E-state index contributed by atoms with van der Waals surface area (Å²) in [7, 11) is 0. The molecular weight excluding hydrogens is 350 g/mol. The van der Waals surface area contributed by atoms with Crippen molar-refractivity contribution in [1.29, 1.82) is 0 Å². The van der Waals surface area contributed by atoms with Crippen molar-refractivity contribution in [2.75, 3.05) is 11.1 Å². The number of halogens is 1. The number of phenolic OH excluding ortho intramolecular Hbond substituents is 1. The number of benzene rings is 1. The lowest BCUT2D eigenvalue weighted by Crippen LogP contribution is -2.55. The Morgan fingerprint density at radius 1 is 1.04 bits per heavy atom. The molecule has 7 heteroatoms. The van der Waals surface area contributed by atoms with Crippen LogP contribution < -0.4 is 11.1 Å². The van der Waals surface area contributed by atoms with E-state index in [4.69, 9.17) is 17.3 Å². The highest BCUT2D eigenvalue weighted by atomic mass is 35.5. The van der Waals surface area contributed by atoms with E-state index in [1.165, 1.54) is 44.6 Å². The average Bonchev–Trinajstić information content (AvgIpc) is 2.54. The Bertz CT molecular complexity index is 836. The van der Waals surface area contributed by atoms with Crippen LogP contribution >= 0.6 is 11.6 Å². The van der Waals surface area contributed by atoms with Gasteiger partial charge in [-0.2, -0.15) is 15.0 Å². The van der Waals surface area contributed by atoms with E-state index < -0.39 is 0 Å². The van der Waals surface area contributed by atoms with E-state index in [1.54, 1.807) is 12.1 Å². The third kappa shape index (κ3) is 2.76. The minimum atomic E-state index is 0.0701. The second-order valence-corrected chi connectivity index (χ2v) is 8.76. The fourth-order valence-electron chi connectivity index (χ4n) is 5.76. The van der Waals surface area contributed by atoms with E-state index in [-0.39, 0.29) is 17.2 Å². The van der Waals surface area contributed by atoms with E-state index in [0.29, 0.717) is 22.4 Å². The number of phenols is 1. The maximum absolute atomic E-state index is 10.2. The first kappa shape index (κ1) is 16.1. The van der Waals surface area contributed by atoms with Crippen molar-refractivity contribution in [1.82, 2.24) is 15.0 Å². The lowest BCUT2D eigenvalue weighted by molar-refractivity contribution is 0.0103. The van der Waals surface area contributed by atoms with Gasteiger partial charge in [0.25, 0.3) is 0 Å². The fraction of sp³-hybridized carbons (Fsp3) is 0.526. The SMILES string of the molecule is Nc1nc(NC23CC4CC(CC(C4)C2)C3)nc(-c2cc(Cl)ccc2O)n1. The Hall–Kier alpha value is -2.08. The number of nitrogens with zero attached hydrogens (tertiary/aromatic N) is 3. The molecule has 0 atom stereocenters. The number of hydrogen-bond acceptors (Lipinski definition) is 6. The van der Waals surface area contributed by atoms with Crippen LogP contribution in [-0.2, 0) is 0 Å². The molecule has 4 bridgehead atoms. The number of nitrogen functional groups attached to an aromatic ring is 1. The third-order valence-electron chi connectivity index (χ3n) is 6.27. The average molecular weight is 372 g/mol. The molecule has 1 aromatic heterocycles. The van der Waals surface area contributed by atoms with Crippen LogP contribution in [0, 0.1) is 17.8 Å². The van der Waals surface area contributed by atoms with E-state index in [1.807, 2.05) is 0 Å². The first-order chi connectivity index (χ1) is 12.5. The van der Waals surface area contributed by atoms with Crippen LogP contribution in [0.1, 0.15) is 38.5 Å². The standard InChI is InChI=1S/C19H22ClN5O/c20-13-1-2-15(26)14(6-13)16-22-17(21)24-18(23-16)25-19-7-10-3-11(8-19)5-12(4-10)9-19/h1-2,6,10-12,26H,3-5,7-9H2,(H3,21,22,23,24,25). The molecule has 4 fully saturated rings. The maximum Gasteiger partial charge on any atom is 0.228 e. The van der Waals surface area contributed by atoms with E-state index in [2.05, 4.69) is 20.3 Å². The van der Waals surface area contributed by atoms with Gasteiger partial charge in [0.2, 0.25) is 11.9 Å². The molecule has 1 heterocycles. The first-order valence-electron chi connectivity index (χ1n) is 9.27. The lowest BCUT2D eigenvalue weighted by atomic mass is 9.53. The number of nitrogens with two attached hydrogens (primary N) is 1. The summed E-state index contributed by atoms with van der Waals surface area (Å²) in [5.74, 6) is 3.51. The second-order valence-electron chi connectivity index (χ2n) is 8.33. The van der Waals surface area contributed by atoms with Gasteiger partial charge in [-0.1, -0.05) is 11.6 Å². The van der Waals surface area contributed by atoms with Crippen LogP contribution in [0.25, 0.3) is 11.4 Å². The molecule has 4 aliphatic carbocycles. The molecule has 6 nitrogen and oxygen atoms in total. The summed E-state index contributed by atoms with van der Waals surface area (Å²) in [6.07, 6.45) is 7.68. The van der Waals surface area contributed by atoms with Crippen LogP contribution in [0.4, 0.5) is 11.9 Å². The zero-order valence-electron chi connectivity index (χ0n) is 14.5. The normalized spacial score (nSPS) is 32.0. The van der Waals surface area contributed by atoms with Crippen molar-refractivity contribution in [3.8, 4) is 17.1 Å². The zero-order valence-corrected chi connectivity index (χ0v) is 15.2. The minimum absolute atomic E-state index is 0.0701. The van der Waals surface area contributed by atoms with Gasteiger partial charge in [-0.15, -0.1) is 0 Å². The highest BCUT2D eigenvalue weighted by molar-refractivity contribution is 6.30. The molecule has 26 heavy (non-hydrogen) atoms. The van der Waals surface area contributed by atoms with Crippen molar-refractivity contribution in [3.05, 3.63) is 23.2 Å². The summed E-state index contributed by atoms with van der Waals surface area (Å²) in [5, 5.41) is 14.3. The molecule has 4 aliphatic rings. The van der Waals surface area contributed by atoms with Gasteiger partial charge in [0.15, 0.2) is 5.82 Å². The Morgan fingerprint density at radius 3 is 2.35 bits per heavy atom. The minimum Gasteiger partial charge on any atom is -0.507 e. The Kier molecular flexibility index (Phi) is 3.54. The number of hydrogen-bond donors (Lipinski definition) is 3. The predicted octanol–water partition coefficient (Wildman–Crippen LogP) is 3.86. The number of aromatic hydroxyl groups is 1. The summed E-state index contributed by atoms with van der Waals surface area (Å²) in [5.41, 5.74) is 6.47. The van der Waals surface area contributed by atoms with Gasteiger partial charge in [-0.3, -0.25) is 0 Å². The highest BCUT2D eigenvalue weighted by Gasteiger charge is 2.51. The van der Waals surface area contributed by atoms with Crippen molar-refractivity contribution in [3.63, 3.8) is 0 Å². The third-order valence-corrected chi connectivity index (χ3v) is 6.50. The second kappa shape index (κ2) is 5.71. The van der Waals surface area contributed by atoms with Gasteiger partial charge in [0.05, 0.1) is 5.56 Å². The fourth-order valence-corrected chi connectivity index (χ4v) is 5.93. The molecule has 0 radical (unpaired) electrons. The van der Waals surface area contributed by atoms with Gasteiger partial charge in [-0.25, -0.2) is 0 Å². The first-order valence-corrected chi connectivity index (χ1v) is 9.64. The molecule has 2 aromatic rings. The molecule has 0 amide bonds. The lowest BCUT2D eigenvalue weighted by Gasteiger charge is -2.56. The van der Waals surface area contributed by atoms with Crippen LogP contribution in [0.3, 0.4) is 0 Å². The zero-order chi connectivity index (χ0) is 17.9. The van der Waals surface area contributed by atoms with E-state index in [9.17, 15) is 5.11 Å². The van der Waals surface area contributed by atoms with Crippen molar-refractivity contribution < 1.29 is 5.11 Å². The molecule has 0 aliphatic heterocycles. The summed E-state index contributed by atoms with van der Waals surface area (Å²) in [6.45, 7) is 0. The van der Waals surface area contributed by atoms with Gasteiger partial charge in [0.1, 0.15) is 5.75 Å². The number of rotatable bonds is 3. The Morgan fingerprint density at radius 2 is 1.69 bits per heavy atom. The molecule has 0 unspecified atom stereocenters. The summed E-state index contributed by atoms with van der Waals surface area (Å²) >= 11 is 6.06. The molecule has 0 spiro atoms. The van der Waals surface area contributed by atoms with E-state index in [0.717, 1.165) is 17.8 Å². The van der Waals surface area contributed by atoms with Gasteiger partial charge < -0.3 is 16.2 Å². The molecule has 136 valence electrons. The summed E-state index contributed by atoms with van der Waals surface area (Å²) < 4.78 is 0. The Balaban J connectivity index is 1.49. The smallest absolute Gasteiger partial charge is 0.228 e. The van der Waals surface area contributed by atoms with Crippen LogP contribution in [0.5, 0.6) is 5.75 Å². The number of anilines is 2. The van der Waals surface area contributed by atoms with Gasteiger partial charge in [0, 0.05) is 10.6 Å². The quantitative estimate of drug-likeness (QED) is 0.758. The van der Waals surface area contributed by atoms with Gasteiger partial charge >= 0.3 is 0 Å². The molecule has 6 rings (SSSR count). The van der Waals surface area contributed by atoms with Gasteiger partial charge in [-0.05, 0) is 74.5 Å². The van der Waals surface area contributed by atoms with Crippen molar-refractivity contribution in [2.45, 2.75) is 44.1 Å². The summed E-state index contributed by atoms with van der Waals surface area (Å²) in [6, 6.07) is 4.80. The van der Waals surface area contributed by atoms with Crippen LogP contribution in [-0.4, -0.2) is 25.6 Å². The predicted molar refractivity (Wildman–Crippen MR) is 101 cm³/mol. The molecule has 4 saturated carbocycles.